The van der Waals surface area contributed by atoms with Gasteiger partial charge in [-0.1, -0.05) is 23.8 Å². The topological polar surface area (TPSA) is 90.0 Å². The van der Waals surface area contributed by atoms with Gasteiger partial charge in [0, 0.05) is 7.05 Å². The van der Waals surface area contributed by atoms with Crippen LogP contribution in [0.3, 0.4) is 0 Å². The summed E-state index contributed by atoms with van der Waals surface area (Å²) in [7, 11) is -1.26. The van der Waals surface area contributed by atoms with Crippen LogP contribution in [0.25, 0.3) is 0 Å². The van der Waals surface area contributed by atoms with Gasteiger partial charge in [0.15, 0.2) is 6.61 Å². The number of anilines is 1. The van der Waals surface area contributed by atoms with Crippen molar-refractivity contribution in [3.8, 4) is 0 Å². The highest BCUT2D eigenvalue weighted by molar-refractivity contribution is 7.92. The fourth-order valence-corrected chi connectivity index (χ4v) is 3.34. The lowest BCUT2D eigenvalue weighted by Crippen LogP contribution is -2.26. The van der Waals surface area contributed by atoms with Gasteiger partial charge < -0.3 is 9.47 Å². The molecule has 7 nitrogen and oxygen atoms in total. The van der Waals surface area contributed by atoms with E-state index in [1.54, 1.807) is 12.1 Å². The molecule has 0 N–H and O–H groups in total. The third-order valence-electron chi connectivity index (χ3n) is 3.67. The Hall–Kier alpha value is -2.87. The average molecular weight is 377 g/mol. The predicted octanol–water partition coefficient (Wildman–Crippen LogP) is 2.15. The van der Waals surface area contributed by atoms with E-state index in [1.165, 1.54) is 38.4 Å². The maximum Gasteiger partial charge on any atom is 0.344 e. The molecule has 0 aliphatic heterocycles. The molecule has 2 rings (SSSR count). The molecular weight excluding hydrogens is 358 g/mol. The highest BCUT2D eigenvalue weighted by Crippen LogP contribution is 2.23. The zero-order chi connectivity index (χ0) is 19.3. The lowest BCUT2D eigenvalue weighted by atomic mass is 10.2. The molecule has 138 valence electrons. The third-order valence-corrected chi connectivity index (χ3v) is 5.46. The minimum atomic E-state index is -3.86. The molecule has 0 saturated carbocycles. The number of methoxy groups -OCH3 is 1. The molecule has 0 bridgehead atoms. The summed E-state index contributed by atoms with van der Waals surface area (Å²) in [5.74, 6) is -1.52. The SMILES string of the molecule is COC(=O)COC(=O)c1cccc(S(=O)(=O)N(C)c2ccc(C)cc2)c1. The van der Waals surface area contributed by atoms with E-state index in [0.717, 1.165) is 9.87 Å². The second-order valence-corrected chi connectivity index (χ2v) is 7.46. The molecular formula is C18H19NO6S. The Kier molecular flexibility index (Phi) is 5.99. The van der Waals surface area contributed by atoms with Gasteiger partial charge in [0.25, 0.3) is 10.0 Å². The van der Waals surface area contributed by atoms with E-state index in [4.69, 9.17) is 4.74 Å². The summed E-state index contributed by atoms with van der Waals surface area (Å²) >= 11 is 0. The molecule has 8 heteroatoms. The third kappa shape index (κ3) is 4.40. The summed E-state index contributed by atoms with van der Waals surface area (Å²) in [5.41, 5.74) is 1.52. The molecule has 0 aliphatic carbocycles. The molecule has 0 spiro atoms. The van der Waals surface area contributed by atoms with E-state index >= 15 is 0 Å². The van der Waals surface area contributed by atoms with E-state index in [0.29, 0.717) is 5.69 Å². The monoisotopic (exact) mass is 377 g/mol. The van der Waals surface area contributed by atoms with Crippen molar-refractivity contribution in [1.29, 1.82) is 0 Å². The summed E-state index contributed by atoms with van der Waals surface area (Å²) in [4.78, 5) is 23.0. The Morgan fingerprint density at radius 1 is 1.08 bits per heavy atom. The van der Waals surface area contributed by atoms with Crippen LogP contribution in [-0.2, 0) is 24.3 Å². The minimum Gasteiger partial charge on any atom is -0.466 e. The lowest BCUT2D eigenvalue weighted by molar-refractivity contribution is -0.144. The number of aryl methyl sites for hydroxylation is 1. The van der Waals surface area contributed by atoms with E-state index in [1.807, 2.05) is 19.1 Å². The second kappa shape index (κ2) is 8.01. The molecule has 0 unspecified atom stereocenters. The molecule has 0 fully saturated rings. The van der Waals surface area contributed by atoms with Gasteiger partial charge in [0.05, 0.1) is 23.3 Å². The van der Waals surface area contributed by atoms with Gasteiger partial charge in [0.1, 0.15) is 0 Å². The first-order valence-corrected chi connectivity index (χ1v) is 9.09. The molecule has 0 saturated heterocycles. The van der Waals surface area contributed by atoms with Crippen LogP contribution in [0.1, 0.15) is 15.9 Å². The van der Waals surface area contributed by atoms with Gasteiger partial charge >= 0.3 is 11.9 Å². The molecule has 0 atom stereocenters. The van der Waals surface area contributed by atoms with Crippen molar-refractivity contribution in [3.63, 3.8) is 0 Å². The number of sulfonamides is 1. The Balaban J connectivity index is 2.26. The number of hydrogen-bond acceptors (Lipinski definition) is 6. The van der Waals surface area contributed by atoms with Gasteiger partial charge in [-0.2, -0.15) is 0 Å². The van der Waals surface area contributed by atoms with Crippen LogP contribution < -0.4 is 4.31 Å². The zero-order valence-corrected chi connectivity index (χ0v) is 15.4. The van der Waals surface area contributed by atoms with Crippen molar-refractivity contribution >= 4 is 27.6 Å². The number of nitrogens with zero attached hydrogens (tertiary/aromatic N) is 1. The van der Waals surface area contributed by atoms with Crippen LogP contribution in [0.2, 0.25) is 0 Å². The van der Waals surface area contributed by atoms with Crippen LogP contribution in [0.15, 0.2) is 53.4 Å². The Bertz CT molecular complexity index is 906. The molecule has 0 aliphatic rings. The largest absolute Gasteiger partial charge is 0.466 e. The van der Waals surface area contributed by atoms with Crippen LogP contribution in [0.5, 0.6) is 0 Å². The number of benzene rings is 2. The number of hydrogen-bond donors (Lipinski definition) is 0. The normalized spacial score (nSPS) is 10.9. The average Bonchev–Trinajstić information content (AvgIpc) is 2.65. The first-order chi connectivity index (χ1) is 12.3. The van der Waals surface area contributed by atoms with Crippen LogP contribution in [-0.4, -0.2) is 41.1 Å². The maximum atomic E-state index is 12.8. The molecule has 0 amide bonds. The summed E-state index contributed by atoms with van der Waals surface area (Å²) in [6.07, 6.45) is 0. The Labute approximate surface area is 152 Å². The molecule has 0 radical (unpaired) electrons. The standard InChI is InChI=1S/C18H19NO6S/c1-13-7-9-15(10-8-13)19(2)26(22,23)16-6-4-5-14(11-16)18(21)25-12-17(20)24-3/h4-11H,12H2,1-3H3. The Morgan fingerprint density at radius 3 is 2.35 bits per heavy atom. The summed E-state index contributed by atoms with van der Waals surface area (Å²) in [6.45, 7) is 1.36. The fraction of sp³-hybridized carbons (Fsp3) is 0.222. The second-order valence-electron chi connectivity index (χ2n) is 5.49. The van der Waals surface area contributed by atoms with Gasteiger partial charge in [-0.3, -0.25) is 4.31 Å². The number of rotatable bonds is 6. The number of esters is 2. The highest BCUT2D eigenvalue weighted by atomic mass is 32.2. The van der Waals surface area contributed by atoms with Crippen molar-refractivity contribution < 1.29 is 27.5 Å². The number of carbonyl (C=O) groups is 2. The van der Waals surface area contributed by atoms with E-state index in [2.05, 4.69) is 4.74 Å². The molecule has 0 heterocycles. The van der Waals surface area contributed by atoms with Crippen molar-refractivity contribution in [2.45, 2.75) is 11.8 Å². The van der Waals surface area contributed by atoms with Crippen molar-refractivity contribution in [1.82, 2.24) is 0 Å². The first kappa shape index (κ1) is 19.5. The van der Waals surface area contributed by atoms with Gasteiger partial charge in [-0.25, -0.2) is 18.0 Å². The van der Waals surface area contributed by atoms with Crippen molar-refractivity contribution in [2.75, 3.05) is 25.1 Å². The first-order valence-electron chi connectivity index (χ1n) is 7.65. The molecule has 26 heavy (non-hydrogen) atoms. The molecule has 0 aromatic heterocycles. The summed E-state index contributed by atoms with van der Waals surface area (Å²) < 4.78 is 35.9. The number of ether oxygens (including phenoxy) is 2. The summed E-state index contributed by atoms with van der Waals surface area (Å²) in [6, 6.07) is 12.4. The van der Waals surface area contributed by atoms with E-state index < -0.39 is 28.6 Å². The molecule has 2 aromatic carbocycles. The van der Waals surface area contributed by atoms with E-state index in [9.17, 15) is 18.0 Å². The lowest BCUT2D eigenvalue weighted by Gasteiger charge is -2.20. The van der Waals surface area contributed by atoms with Crippen LogP contribution >= 0.6 is 0 Å². The van der Waals surface area contributed by atoms with Crippen LogP contribution in [0, 0.1) is 6.92 Å². The van der Waals surface area contributed by atoms with E-state index in [-0.39, 0.29) is 10.5 Å². The zero-order valence-electron chi connectivity index (χ0n) is 14.6. The van der Waals surface area contributed by atoms with Gasteiger partial charge in [0.2, 0.25) is 0 Å². The van der Waals surface area contributed by atoms with Crippen LogP contribution in [0.4, 0.5) is 5.69 Å². The van der Waals surface area contributed by atoms with Gasteiger partial charge in [-0.15, -0.1) is 0 Å². The van der Waals surface area contributed by atoms with Gasteiger partial charge in [-0.05, 0) is 37.3 Å². The quantitative estimate of drug-likeness (QED) is 0.717. The maximum absolute atomic E-state index is 12.8. The smallest absolute Gasteiger partial charge is 0.344 e. The van der Waals surface area contributed by atoms with Crippen molar-refractivity contribution in [3.05, 3.63) is 59.7 Å². The fourth-order valence-electron chi connectivity index (χ4n) is 2.10. The Morgan fingerprint density at radius 2 is 1.73 bits per heavy atom. The predicted molar refractivity (Wildman–Crippen MR) is 95.5 cm³/mol. The minimum absolute atomic E-state index is 0.0206. The van der Waals surface area contributed by atoms with Crippen molar-refractivity contribution in [2.24, 2.45) is 0 Å². The summed E-state index contributed by atoms with van der Waals surface area (Å²) in [5, 5.41) is 0. The highest BCUT2D eigenvalue weighted by Gasteiger charge is 2.23. The number of carbonyl (C=O) groups excluding carboxylic acids is 2. The molecule has 2 aromatic rings.